The summed E-state index contributed by atoms with van der Waals surface area (Å²) in [6.45, 7) is 3.12. The van der Waals surface area contributed by atoms with Crippen LogP contribution in [0.2, 0.25) is 0 Å². The van der Waals surface area contributed by atoms with E-state index >= 15 is 0 Å². The van der Waals surface area contributed by atoms with Gasteiger partial charge in [-0.15, -0.1) is 12.4 Å². The number of rotatable bonds is 3. The predicted molar refractivity (Wildman–Crippen MR) is 77.9 cm³/mol. The molecule has 2 atom stereocenters. The summed E-state index contributed by atoms with van der Waals surface area (Å²) in [6.07, 6.45) is 0.875. The van der Waals surface area contributed by atoms with Crippen molar-refractivity contribution in [1.29, 1.82) is 0 Å². The van der Waals surface area contributed by atoms with E-state index in [4.69, 9.17) is 10.5 Å². The van der Waals surface area contributed by atoms with Crippen LogP contribution in [0.25, 0.3) is 0 Å². The van der Waals surface area contributed by atoms with E-state index < -0.39 is 5.82 Å². The number of ether oxygens (including phenoxy) is 1. The summed E-state index contributed by atoms with van der Waals surface area (Å²) in [6, 6.07) is 4.40. The van der Waals surface area contributed by atoms with E-state index in [0.717, 1.165) is 6.42 Å². The van der Waals surface area contributed by atoms with E-state index in [1.54, 1.807) is 11.0 Å². The minimum absolute atomic E-state index is 0. The van der Waals surface area contributed by atoms with Gasteiger partial charge in [-0.1, -0.05) is 0 Å². The molecule has 1 saturated heterocycles. The van der Waals surface area contributed by atoms with Crippen LogP contribution in [0, 0.1) is 11.7 Å². The Morgan fingerprint density at radius 3 is 2.75 bits per heavy atom. The van der Waals surface area contributed by atoms with Crippen LogP contribution in [0.4, 0.5) is 4.39 Å². The zero-order chi connectivity index (χ0) is 14.0. The molecular weight excluding hydrogens is 283 g/mol. The van der Waals surface area contributed by atoms with Crippen molar-refractivity contribution in [2.75, 3.05) is 20.2 Å². The van der Waals surface area contributed by atoms with Gasteiger partial charge in [0.2, 0.25) is 0 Å². The molecule has 1 fully saturated rings. The van der Waals surface area contributed by atoms with Crippen LogP contribution in [-0.4, -0.2) is 37.0 Å². The van der Waals surface area contributed by atoms with E-state index in [9.17, 15) is 9.18 Å². The van der Waals surface area contributed by atoms with E-state index in [2.05, 4.69) is 0 Å². The number of nitrogens with zero attached hydrogens (tertiary/aromatic N) is 1. The Morgan fingerprint density at radius 2 is 2.25 bits per heavy atom. The molecule has 1 aliphatic heterocycles. The fraction of sp³-hybridized carbons (Fsp3) is 0.500. The number of hydrogen-bond acceptors (Lipinski definition) is 3. The lowest BCUT2D eigenvalue weighted by Crippen LogP contribution is -2.35. The highest BCUT2D eigenvalue weighted by molar-refractivity contribution is 5.95. The highest BCUT2D eigenvalue weighted by atomic mass is 35.5. The van der Waals surface area contributed by atoms with Gasteiger partial charge in [0.25, 0.3) is 5.91 Å². The Hall–Kier alpha value is -1.33. The summed E-state index contributed by atoms with van der Waals surface area (Å²) in [5.74, 6) is -0.111. The summed E-state index contributed by atoms with van der Waals surface area (Å²) in [5, 5.41) is 0. The fourth-order valence-corrected chi connectivity index (χ4v) is 2.55. The molecule has 1 heterocycles. The maximum Gasteiger partial charge on any atom is 0.257 e. The van der Waals surface area contributed by atoms with Gasteiger partial charge in [0.05, 0.1) is 12.7 Å². The third-order valence-electron chi connectivity index (χ3n) is 3.66. The third kappa shape index (κ3) is 3.22. The SMILES string of the molecule is COc1ccc(C(=O)N2CC(CN)CC2C)c(F)c1.Cl. The standard InChI is InChI=1S/C14H19FN2O2.ClH/c1-9-5-10(7-16)8-17(9)14(18)12-4-3-11(19-2)6-13(12)15;/h3-4,6,9-10H,5,7-8,16H2,1-2H3;1H. The smallest absolute Gasteiger partial charge is 0.257 e. The van der Waals surface area contributed by atoms with Gasteiger partial charge in [0.15, 0.2) is 0 Å². The van der Waals surface area contributed by atoms with Crippen molar-refractivity contribution in [3.8, 4) is 5.75 Å². The van der Waals surface area contributed by atoms with Gasteiger partial charge in [0, 0.05) is 18.7 Å². The second-order valence-electron chi connectivity index (χ2n) is 4.99. The Bertz CT molecular complexity index is 484. The predicted octanol–water partition coefficient (Wildman–Crippen LogP) is 2.07. The number of methoxy groups -OCH3 is 1. The third-order valence-corrected chi connectivity index (χ3v) is 3.66. The van der Waals surface area contributed by atoms with Crippen LogP contribution in [-0.2, 0) is 0 Å². The Labute approximate surface area is 124 Å². The molecule has 0 radical (unpaired) electrons. The monoisotopic (exact) mass is 302 g/mol. The number of amides is 1. The zero-order valence-corrected chi connectivity index (χ0v) is 12.5. The van der Waals surface area contributed by atoms with Gasteiger partial charge >= 0.3 is 0 Å². The van der Waals surface area contributed by atoms with Gasteiger partial charge in [-0.3, -0.25) is 4.79 Å². The lowest BCUT2D eigenvalue weighted by molar-refractivity contribution is 0.0738. The highest BCUT2D eigenvalue weighted by Gasteiger charge is 2.33. The topological polar surface area (TPSA) is 55.6 Å². The summed E-state index contributed by atoms with van der Waals surface area (Å²) >= 11 is 0. The Kier molecular flexibility index (Phi) is 5.77. The molecule has 0 aromatic heterocycles. The van der Waals surface area contributed by atoms with Gasteiger partial charge in [-0.25, -0.2) is 4.39 Å². The molecule has 1 aromatic rings. The molecule has 0 spiro atoms. The first-order valence-electron chi connectivity index (χ1n) is 6.41. The molecule has 2 unspecified atom stereocenters. The number of carbonyl (C=O) groups excluding carboxylic acids is 1. The van der Waals surface area contributed by atoms with Crippen LogP contribution in [0.1, 0.15) is 23.7 Å². The van der Waals surface area contributed by atoms with Crippen molar-refractivity contribution in [3.05, 3.63) is 29.6 Å². The summed E-state index contributed by atoms with van der Waals surface area (Å²) < 4.78 is 18.8. The first-order valence-corrected chi connectivity index (χ1v) is 6.41. The van der Waals surface area contributed by atoms with Crippen LogP contribution in [0.15, 0.2) is 18.2 Å². The first kappa shape index (κ1) is 16.7. The zero-order valence-electron chi connectivity index (χ0n) is 11.6. The van der Waals surface area contributed by atoms with E-state index in [0.29, 0.717) is 24.8 Å². The maximum atomic E-state index is 13.9. The second kappa shape index (κ2) is 6.90. The molecular formula is C14H20ClFN2O2. The molecule has 2 rings (SSSR count). The van der Waals surface area contributed by atoms with Crippen LogP contribution >= 0.6 is 12.4 Å². The van der Waals surface area contributed by atoms with Gasteiger partial charge < -0.3 is 15.4 Å². The normalized spacial score (nSPS) is 21.5. The average Bonchev–Trinajstić information content (AvgIpc) is 2.79. The number of carbonyl (C=O) groups is 1. The molecule has 2 N–H and O–H groups in total. The number of likely N-dealkylation sites (tertiary alicyclic amines) is 1. The number of benzene rings is 1. The van der Waals surface area contributed by atoms with Crippen molar-refractivity contribution in [2.24, 2.45) is 11.7 Å². The Morgan fingerprint density at radius 1 is 1.55 bits per heavy atom. The lowest BCUT2D eigenvalue weighted by Gasteiger charge is -2.22. The van der Waals surface area contributed by atoms with Crippen molar-refractivity contribution >= 4 is 18.3 Å². The van der Waals surface area contributed by atoms with Crippen LogP contribution in [0.5, 0.6) is 5.75 Å². The van der Waals surface area contributed by atoms with Crippen LogP contribution in [0.3, 0.4) is 0 Å². The van der Waals surface area contributed by atoms with Crippen molar-refractivity contribution < 1.29 is 13.9 Å². The molecule has 4 nitrogen and oxygen atoms in total. The molecule has 6 heteroatoms. The molecule has 0 saturated carbocycles. The number of hydrogen-bond donors (Lipinski definition) is 1. The molecule has 1 amide bonds. The summed E-state index contributed by atoms with van der Waals surface area (Å²) in [4.78, 5) is 14.0. The molecule has 0 bridgehead atoms. The highest BCUT2D eigenvalue weighted by Crippen LogP contribution is 2.26. The molecule has 1 aliphatic rings. The van der Waals surface area contributed by atoms with E-state index in [1.165, 1.54) is 19.2 Å². The van der Waals surface area contributed by atoms with Gasteiger partial charge in [-0.05, 0) is 37.9 Å². The van der Waals surface area contributed by atoms with Gasteiger partial charge in [-0.2, -0.15) is 0 Å². The quantitative estimate of drug-likeness (QED) is 0.930. The minimum Gasteiger partial charge on any atom is -0.497 e. The number of halogens is 2. The van der Waals surface area contributed by atoms with Crippen molar-refractivity contribution in [1.82, 2.24) is 4.90 Å². The van der Waals surface area contributed by atoms with E-state index in [1.807, 2.05) is 6.92 Å². The van der Waals surface area contributed by atoms with Crippen molar-refractivity contribution in [3.63, 3.8) is 0 Å². The van der Waals surface area contributed by atoms with Crippen molar-refractivity contribution in [2.45, 2.75) is 19.4 Å². The largest absolute Gasteiger partial charge is 0.497 e. The molecule has 20 heavy (non-hydrogen) atoms. The average molecular weight is 303 g/mol. The summed E-state index contributed by atoms with van der Waals surface area (Å²) in [7, 11) is 1.46. The molecule has 112 valence electrons. The fourth-order valence-electron chi connectivity index (χ4n) is 2.55. The number of nitrogens with two attached hydrogens (primary N) is 1. The molecule has 1 aromatic carbocycles. The van der Waals surface area contributed by atoms with Crippen LogP contribution < -0.4 is 10.5 Å². The first-order chi connectivity index (χ1) is 9.06. The minimum atomic E-state index is -0.548. The summed E-state index contributed by atoms with van der Waals surface area (Å²) in [5.41, 5.74) is 5.72. The lowest BCUT2D eigenvalue weighted by atomic mass is 10.1. The second-order valence-corrected chi connectivity index (χ2v) is 4.99. The Balaban J connectivity index is 0.00000200. The molecule has 0 aliphatic carbocycles. The van der Waals surface area contributed by atoms with E-state index in [-0.39, 0.29) is 29.9 Å². The van der Waals surface area contributed by atoms with Gasteiger partial charge in [0.1, 0.15) is 11.6 Å². The maximum absolute atomic E-state index is 13.9.